The average molecular weight is 284 g/mol. The van der Waals surface area contributed by atoms with Gasteiger partial charge >= 0.3 is 0 Å². The van der Waals surface area contributed by atoms with Crippen molar-refractivity contribution in [1.82, 2.24) is 5.32 Å². The zero-order chi connectivity index (χ0) is 13.1. The van der Waals surface area contributed by atoms with Crippen molar-refractivity contribution in [1.29, 1.82) is 0 Å². The van der Waals surface area contributed by atoms with Crippen LogP contribution in [0.4, 0.5) is 0 Å². The van der Waals surface area contributed by atoms with Crippen LogP contribution in [0, 0.1) is 13.8 Å². The molecule has 0 fully saturated rings. The molecule has 0 aliphatic carbocycles. The second-order valence-corrected chi connectivity index (χ2v) is 5.74. The molecule has 0 aliphatic rings. The molecule has 2 nitrogen and oxygen atoms in total. The highest BCUT2D eigenvalue weighted by Gasteiger charge is 2.21. The number of halogens is 1. The van der Waals surface area contributed by atoms with E-state index in [1.807, 2.05) is 25.3 Å². The van der Waals surface area contributed by atoms with Gasteiger partial charge in [0.05, 0.1) is 11.1 Å². The lowest BCUT2D eigenvalue weighted by Crippen LogP contribution is -2.22. The van der Waals surface area contributed by atoms with Crippen molar-refractivity contribution in [2.24, 2.45) is 0 Å². The lowest BCUT2D eigenvalue weighted by molar-refractivity contribution is 0.494. The minimum Gasteiger partial charge on any atom is -0.466 e. The maximum Gasteiger partial charge on any atom is 0.106 e. The Kier molecular flexibility index (Phi) is 4.49. The van der Waals surface area contributed by atoms with Gasteiger partial charge in [-0.3, -0.25) is 0 Å². The molecule has 0 radical (unpaired) electrons. The zero-order valence-corrected chi connectivity index (χ0v) is 12.5. The quantitative estimate of drug-likeness (QED) is 0.860. The summed E-state index contributed by atoms with van der Waals surface area (Å²) in [6.45, 7) is 7.10. The van der Waals surface area contributed by atoms with Crippen LogP contribution in [0.15, 0.2) is 21.9 Å². The Balaban J connectivity index is 2.37. The van der Waals surface area contributed by atoms with Crippen LogP contribution in [0.5, 0.6) is 0 Å². The molecule has 2 aromatic rings. The SMILES string of the molecule is CCCNC(c1cc(C)oc1C)c1sccc1Cl. The summed E-state index contributed by atoms with van der Waals surface area (Å²) in [5.41, 5.74) is 1.19. The van der Waals surface area contributed by atoms with Crippen LogP contribution in [0.1, 0.15) is 41.3 Å². The summed E-state index contributed by atoms with van der Waals surface area (Å²) in [5.74, 6) is 1.91. The summed E-state index contributed by atoms with van der Waals surface area (Å²) >= 11 is 7.95. The lowest BCUT2D eigenvalue weighted by atomic mass is 10.1. The van der Waals surface area contributed by atoms with Crippen molar-refractivity contribution in [3.05, 3.63) is 44.5 Å². The lowest BCUT2D eigenvalue weighted by Gasteiger charge is -2.17. The van der Waals surface area contributed by atoms with Crippen LogP contribution in [0.25, 0.3) is 0 Å². The zero-order valence-electron chi connectivity index (χ0n) is 10.9. The molecule has 1 N–H and O–H groups in total. The molecule has 98 valence electrons. The summed E-state index contributed by atoms with van der Waals surface area (Å²) in [6, 6.07) is 4.18. The van der Waals surface area contributed by atoms with E-state index in [0.717, 1.165) is 34.4 Å². The normalized spacial score (nSPS) is 12.9. The summed E-state index contributed by atoms with van der Waals surface area (Å²) in [7, 11) is 0. The first kappa shape index (κ1) is 13.7. The Morgan fingerprint density at radius 3 is 2.72 bits per heavy atom. The minimum atomic E-state index is 0.134. The number of nitrogens with one attached hydrogen (secondary N) is 1. The van der Waals surface area contributed by atoms with E-state index >= 15 is 0 Å². The first-order chi connectivity index (χ1) is 8.63. The number of furan rings is 1. The maximum absolute atomic E-state index is 6.26. The van der Waals surface area contributed by atoms with Crippen LogP contribution in [0.2, 0.25) is 5.02 Å². The molecule has 2 aromatic heterocycles. The minimum absolute atomic E-state index is 0.134. The smallest absolute Gasteiger partial charge is 0.106 e. The number of hydrogen-bond donors (Lipinski definition) is 1. The molecule has 2 heterocycles. The van der Waals surface area contributed by atoms with Gasteiger partial charge in [-0.1, -0.05) is 18.5 Å². The molecule has 18 heavy (non-hydrogen) atoms. The standard InChI is InChI=1S/C14H18ClNOS/c1-4-6-16-13(14-12(15)5-7-18-14)11-8-9(2)17-10(11)3/h5,7-8,13,16H,4,6H2,1-3H3. The van der Waals surface area contributed by atoms with Gasteiger partial charge in [0.1, 0.15) is 11.5 Å². The van der Waals surface area contributed by atoms with Crippen LogP contribution in [-0.4, -0.2) is 6.54 Å². The van der Waals surface area contributed by atoms with E-state index in [1.54, 1.807) is 11.3 Å². The molecule has 0 aromatic carbocycles. The van der Waals surface area contributed by atoms with Gasteiger partial charge in [0, 0.05) is 10.4 Å². The van der Waals surface area contributed by atoms with E-state index in [2.05, 4.69) is 18.3 Å². The van der Waals surface area contributed by atoms with Crippen molar-refractivity contribution in [2.45, 2.75) is 33.2 Å². The average Bonchev–Trinajstić information content (AvgIpc) is 2.87. The Morgan fingerprint density at radius 1 is 1.44 bits per heavy atom. The van der Waals surface area contributed by atoms with E-state index in [9.17, 15) is 0 Å². The second-order valence-electron chi connectivity index (χ2n) is 4.39. The van der Waals surface area contributed by atoms with E-state index in [4.69, 9.17) is 16.0 Å². The third-order valence-corrected chi connectivity index (χ3v) is 4.32. The van der Waals surface area contributed by atoms with Gasteiger partial charge in [-0.05, 0) is 44.3 Å². The number of hydrogen-bond acceptors (Lipinski definition) is 3. The van der Waals surface area contributed by atoms with Crippen molar-refractivity contribution >= 4 is 22.9 Å². The molecule has 0 saturated heterocycles. The fourth-order valence-electron chi connectivity index (χ4n) is 2.08. The summed E-state index contributed by atoms with van der Waals surface area (Å²) in [4.78, 5) is 1.16. The van der Waals surface area contributed by atoms with Gasteiger partial charge in [-0.15, -0.1) is 11.3 Å². The van der Waals surface area contributed by atoms with Gasteiger partial charge in [-0.2, -0.15) is 0 Å². The predicted octanol–water partition coefficient (Wildman–Crippen LogP) is 4.70. The maximum atomic E-state index is 6.26. The first-order valence-corrected chi connectivity index (χ1v) is 7.42. The van der Waals surface area contributed by atoms with Gasteiger partial charge in [0.15, 0.2) is 0 Å². The fourth-order valence-corrected chi connectivity index (χ4v) is 3.34. The Labute approximate surface area is 117 Å². The number of rotatable bonds is 5. The van der Waals surface area contributed by atoms with E-state index in [1.165, 1.54) is 5.56 Å². The number of thiophene rings is 1. The summed E-state index contributed by atoms with van der Waals surface area (Å²) < 4.78 is 5.63. The summed E-state index contributed by atoms with van der Waals surface area (Å²) in [6.07, 6.45) is 1.09. The molecular formula is C14H18ClNOS. The largest absolute Gasteiger partial charge is 0.466 e. The Hall–Kier alpha value is -0.770. The monoisotopic (exact) mass is 283 g/mol. The Bertz CT molecular complexity index is 518. The van der Waals surface area contributed by atoms with E-state index < -0.39 is 0 Å². The first-order valence-electron chi connectivity index (χ1n) is 6.16. The fraction of sp³-hybridized carbons (Fsp3) is 0.429. The van der Waals surface area contributed by atoms with Gasteiger partial charge < -0.3 is 9.73 Å². The molecule has 0 bridgehead atoms. The highest BCUT2D eigenvalue weighted by Crippen LogP contribution is 2.35. The van der Waals surface area contributed by atoms with Gasteiger partial charge in [-0.25, -0.2) is 0 Å². The van der Waals surface area contributed by atoms with Gasteiger partial charge in [0.25, 0.3) is 0 Å². The van der Waals surface area contributed by atoms with Gasteiger partial charge in [0.2, 0.25) is 0 Å². The van der Waals surface area contributed by atoms with E-state index in [-0.39, 0.29) is 6.04 Å². The molecule has 0 aliphatic heterocycles. The molecule has 4 heteroatoms. The van der Waals surface area contributed by atoms with E-state index in [0.29, 0.717) is 0 Å². The molecule has 0 saturated carbocycles. The predicted molar refractivity (Wildman–Crippen MR) is 77.6 cm³/mol. The third kappa shape index (κ3) is 2.79. The summed E-state index contributed by atoms with van der Waals surface area (Å²) in [5, 5.41) is 6.40. The van der Waals surface area contributed by atoms with Crippen molar-refractivity contribution in [3.63, 3.8) is 0 Å². The Morgan fingerprint density at radius 2 is 2.22 bits per heavy atom. The topological polar surface area (TPSA) is 25.2 Å². The molecule has 1 unspecified atom stereocenters. The van der Waals surface area contributed by atoms with Crippen molar-refractivity contribution in [2.75, 3.05) is 6.54 Å². The van der Waals surface area contributed by atoms with Crippen molar-refractivity contribution in [3.8, 4) is 0 Å². The molecule has 2 rings (SSSR count). The van der Waals surface area contributed by atoms with Crippen LogP contribution in [-0.2, 0) is 0 Å². The van der Waals surface area contributed by atoms with Crippen LogP contribution < -0.4 is 5.32 Å². The third-order valence-electron chi connectivity index (χ3n) is 2.90. The highest BCUT2D eigenvalue weighted by molar-refractivity contribution is 7.10. The molecule has 0 spiro atoms. The van der Waals surface area contributed by atoms with Crippen LogP contribution >= 0.6 is 22.9 Å². The van der Waals surface area contributed by atoms with Crippen LogP contribution in [0.3, 0.4) is 0 Å². The second kappa shape index (κ2) is 5.91. The molecular weight excluding hydrogens is 266 g/mol. The molecule has 1 atom stereocenters. The highest BCUT2D eigenvalue weighted by atomic mass is 35.5. The molecule has 0 amide bonds. The number of aryl methyl sites for hydroxylation is 2. The van der Waals surface area contributed by atoms with Crippen molar-refractivity contribution < 1.29 is 4.42 Å².